The number of benzene rings is 7. The molecule has 0 aliphatic rings. The molecule has 2 N–H and O–H groups in total. The van der Waals surface area contributed by atoms with E-state index in [-0.39, 0.29) is 0 Å². The van der Waals surface area contributed by atoms with Gasteiger partial charge in [-0.1, -0.05) is 127 Å². The molecule has 3 heteroatoms. The third-order valence-corrected chi connectivity index (χ3v) is 8.43. The normalized spacial score (nSPS) is 12.0. The molecule has 0 unspecified atom stereocenters. The first-order valence-electron chi connectivity index (χ1n) is 14.6. The van der Waals surface area contributed by atoms with Crippen LogP contribution in [0.1, 0.15) is 11.1 Å². The molecule has 0 spiro atoms. The summed E-state index contributed by atoms with van der Waals surface area (Å²) in [7, 11) is 0. The zero-order valence-corrected chi connectivity index (χ0v) is 23.6. The molecule has 8 aromatic rings. The first-order valence-corrected chi connectivity index (χ1v) is 14.6. The van der Waals surface area contributed by atoms with Crippen LogP contribution in [0.2, 0.25) is 0 Å². The van der Waals surface area contributed by atoms with Gasteiger partial charge in [-0.3, -0.25) is 4.99 Å². The zero-order valence-electron chi connectivity index (χ0n) is 23.6. The van der Waals surface area contributed by atoms with Crippen molar-refractivity contribution >= 4 is 49.2 Å². The molecule has 0 amide bonds. The summed E-state index contributed by atoms with van der Waals surface area (Å²) < 4.78 is 2.42. The standard InChI is InChI=1S/C40H29N3/c41-40(35-19-10-16-28-13-6-7-17-32(28)35)42-26-27-21-22-33(29-11-2-1-3-12-29)38(23-27)43-37-20-9-8-18-34(37)36-24-30-14-4-5-15-31(30)25-39(36)43/h1-25H,26H2,(H2,41,42). The van der Waals surface area contributed by atoms with Crippen LogP contribution in [0.15, 0.2) is 157 Å². The van der Waals surface area contributed by atoms with E-state index in [9.17, 15) is 0 Å². The van der Waals surface area contributed by atoms with Crippen LogP contribution < -0.4 is 5.73 Å². The molecule has 0 radical (unpaired) electrons. The second kappa shape index (κ2) is 10.3. The van der Waals surface area contributed by atoms with Gasteiger partial charge in [0.2, 0.25) is 0 Å². The summed E-state index contributed by atoms with van der Waals surface area (Å²) in [5, 5.41) is 7.23. The second-order valence-electron chi connectivity index (χ2n) is 11.0. The van der Waals surface area contributed by atoms with Crippen molar-refractivity contribution in [3.05, 3.63) is 163 Å². The van der Waals surface area contributed by atoms with E-state index in [1.165, 1.54) is 43.7 Å². The number of nitrogens with two attached hydrogens (primary N) is 1. The Morgan fingerprint density at radius 2 is 1.21 bits per heavy atom. The van der Waals surface area contributed by atoms with E-state index in [1.54, 1.807) is 0 Å². The van der Waals surface area contributed by atoms with E-state index in [4.69, 9.17) is 10.7 Å². The van der Waals surface area contributed by atoms with Gasteiger partial charge in [0.1, 0.15) is 5.84 Å². The monoisotopic (exact) mass is 551 g/mol. The Labute approximate surface area is 250 Å². The first kappa shape index (κ1) is 25.1. The third kappa shape index (κ3) is 4.34. The van der Waals surface area contributed by atoms with Crippen molar-refractivity contribution in [3.63, 3.8) is 0 Å². The molecule has 1 aromatic heterocycles. The van der Waals surface area contributed by atoms with E-state index in [1.807, 2.05) is 24.3 Å². The van der Waals surface area contributed by atoms with Crippen molar-refractivity contribution in [3.8, 4) is 16.8 Å². The lowest BCUT2D eigenvalue weighted by Crippen LogP contribution is -2.14. The molecule has 0 aliphatic heterocycles. The van der Waals surface area contributed by atoms with Gasteiger partial charge in [0.25, 0.3) is 0 Å². The number of aromatic nitrogens is 1. The number of rotatable bonds is 5. The number of fused-ring (bicyclic) bond motifs is 5. The fraction of sp³-hybridized carbons (Fsp3) is 0.0250. The van der Waals surface area contributed by atoms with Crippen molar-refractivity contribution in [1.82, 2.24) is 4.57 Å². The van der Waals surface area contributed by atoms with Gasteiger partial charge in [0.15, 0.2) is 0 Å². The molecular weight excluding hydrogens is 522 g/mol. The maximum Gasteiger partial charge on any atom is 0.126 e. The van der Waals surface area contributed by atoms with Crippen LogP contribution in [0.25, 0.3) is 60.2 Å². The summed E-state index contributed by atoms with van der Waals surface area (Å²) in [5.41, 5.74) is 14.5. The summed E-state index contributed by atoms with van der Waals surface area (Å²) in [6.07, 6.45) is 0. The summed E-state index contributed by atoms with van der Waals surface area (Å²) in [5.74, 6) is 0.550. The van der Waals surface area contributed by atoms with Crippen LogP contribution in [0, 0.1) is 0 Å². The Kier molecular flexibility index (Phi) is 6.01. The second-order valence-corrected chi connectivity index (χ2v) is 11.0. The van der Waals surface area contributed by atoms with Gasteiger partial charge in [0, 0.05) is 21.9 Å². The van der Waals surface area contributed by atoms with Gasteiger partial charge in [-0.2, -0.15) is 0 Å². The summed E-state index contributed by atoms with van der Waals surface area (Å²) in [6, 6.07) is 53.7. The smallest absolute Gasteiger partial charge is 0.126 e. The molecule has 204 valence electrons. The summed E-state index contributed by atoms with van der Waals surface area (Å²) >= 11 is 0. The molecular formula is C40H29N3. The van der Waals surface area contributed by atoms with Gasteiger partial charge in [-0.25, -0.2) is 0 Å². The first-order chi connectivity index (χ1) is 21.2. The van der Waals surface area contributed by atoms with E-state index in [0.717, 1.165) is 27.6 Å². The highest BCUT2D eigenvalue weighted by molar-refractivity contribution is 6.14. The molecule has 0 bridgehead atoms. The van der Waals surface area contributed by atoms with E-state index >= 15 is 0 Å². The van der Waals surface area contributed by atoms with Crippen LogP contribution in [0.5, 0.6) is 0 Å². The zero-order chi connectivity index (χ0) is 28.8. The maximum atomic E-state index is 6.61. The van der Waals surface area contributed by atoms with Crippen molar-refractivity contribution in [2.24, 2.45) is 10.7 Å². The van der Waals surface area contributed by atoms with Crippen LogP contribution in [0.4, 0.5) is 0 Å². The van der Waals surface area contributed by atoms with Gasteiger partial charge in [0.05, 0.1) is 23.3 Å². The summed E-state index contributed by atoms with van der Waals surface area (Å²) in [4.78, 5) is 4.89. The molecule has 0 saturated carbocycles. The number of amidine groups is 1. The third-order valence-electron chi connectivity index (χ3n) is 8.43. The lowest BCUT2D eigenvalue weighted by molar-refractivity contribution is 1.05. The molecule has 0 aliphatic carbocycles. The number of para-hydroxylation sites is 1. The van der Waals surface area contributed by atoms with Crippen molar-refractivity contribution in [1.29, 1.82) is 0 Å². The lowest BCUT2D eigenvalue weighted by atomic mass is 10.0. The average molecular weight is 552 g/mol. The van der Waals surface area contributed by atoms with Crippen LogP contribution in [-0.2, 0) is 6.54 Å². The van der Waals surface area contributed by atoms with Crippen molar-refractivity contribution in [2.45, 2.75) is 6.54 Å². The minimum atomic E-state index is 0.483. The highest BCUT2D eigenvalue weighted by Gasteiger charge is 2.17. The van der Waals surface area contributed by atoms with Crippen LogP contribution in [-0.4, -0.2) is 10.4 Å². The lowest BCUT2D eigenvalue weighted by Gasteiger charge is -2.16. The SMILES string of the molecule is N/C(=N\Cc1ccc(-c2ccccc2)c(-n2c3ccccc3c3cc4ccccc4cc32)c1)c1cccc2ccccc12. The molecule has 1 heterocycles. The van der Waals surface area contributed by atoms with Gasteiger partial charge < -0.3 is 10.3 Å². The number of hydrogen-bond donors (Lipinski definition) is 1. The van der Waals surface area contributed by atoms with Crippen molar-refractivity contribution in [2.75, 3.05) is 0 Å². The number of hydrogen-bond acceptors (Lipinski definition) is 1. The highest BCUT2D eigenvalue weighted by Crippen LogP contribution is 2.38. The molecule has 0 atom stereocenters. The molecule has 3 nitrogen and oxygen atoms in total. The molecule has 0 fully saturated rings. The van der Waals surface area contributed by atoms with E-state index < -0.39 is 0 Å². The molecule has 7 aromatic carbocycles. The Balaban J connectivity index is 1.33. The average Bonchev–Trinajstić information content (AvgIpc) is 3.39. The largest absolute Gasteiger partial charge is 0.383 e. The minimum Gasteiger partial charge on any atom is -0.383 e. The van der Waals surface area contributed by atoms with Gasteiger partial charge >= 0.3 is 0 Å². The van der Waals surface area contributed by atoms with Gasteiger partial charge in [-0.05, 0) is 56.9 Å². The van der Waals surface area contributed by atoms with Gasteiger partial charge in [-0.15, -0.1) is 0 Å². The predicted molar refractivity (Wildman–Crippen MR) is 182 cm³/mol. The van der Waals surface area contributed by atoms with E-state index in [2.05, 4.69) is 132 Å². The van der Waals surface area contributed by atoms with Crippen LogP contribution in [0.3, 0.4) is 0 Å². The highest BCUT2D eigenvalue weighted by atomic mass is 15.0. The van der Waals surface area contributed by atoms with Crippen molar-refractivity contribution < 1.29 is 0 Å². The Morgan fingerprint density at radius 3 is 2.05 bits per heavy atom. The minimum absolute atomic E-state index is 0.483. The predicted octanol–water partition coefficient (Wildman–Crippen LogP) is 9.66. The van der Waals surface area contributed by atoms with Crippen LogP contribution >= 0.6 is 0 Å². The summed E-state index contributed by atoms with van der Waals surface area (Å²) in [6.45, 7) is 0.483. The van der Waals surface area contributed by atoms with E-state index in [0.29, 0.717) is 12.4 Å². The fourth-order valence-electron chi connectivity index (χ4n) is 6.35. The Hall–Kier alpha value is -5.67. The number of nitrogens with zero attached hydrogens (tertiary/aromatic N) is 2. The molecule has 8 rings (SSSR count). The Bertz CT molecular complexity index is 2320. The quantitative estimate of drug-likeness (QED) is 0.168. The number of aliphatic imine (C=N–C) groups is 1. The molecule has 0 saturated heterocycles. The maximum absolute atomic E-state index is 6.61. The fourth-order valence-corrected chi connectivity index (χ4v) is 6.35. The Morgan fingerprint density at radius 1 is 0.535 bits per heavy atom. The topological polar surface area (TPSA) is 43.3 Å². The molecule has 43 heavy (non-hydrogen) atoms.